The molecular weight excluding hydrogens is 432 g/mol. The summed E-state index contributed by atoms with van der Waals surface area (Å²) >= 11 is 0. The summed E-state index contributed by atoms with van der Waals surface area (Å²) in [6.07, 6.45) is 2.20. The van der Waals surface area contributed by atoms with Gasteiger partial charge in [-0.15, -0.1) is 0 Å². The van der Waals surface area contributed by atoms with Crippen LogP contribution in [-0.2, 0) is 14.3 Å². The second-order valence-corrected chi connectivity index (χ2v) is 8.28. The second kappa shape index (κ2) is 9.53. The van der Waals surface area contributed by atoms with Gasteiger partial charge in [-0.2, -0.15) is 0 Å². The Kier molecular flexibility index (Phi) is 6.14. The van der Waals surface area contributed by atoms with Gasteiger partial charge in [0.1, 0.15) is 23.9 Å². The van der Waals surface area contributed by atoms with Crippen LogP contribution in [0.1, 0.15) is 30.9 Å². The lowest BCUT2D eigenvalue weighted by molar-refractivity contribution is -0.127. The molecule has 0 N–H and O–H groups in total. The summed E-state index contributed by atoms with van der Waals surface area (Å²) in [6, 6.07) is 20.5. The Balaban J connectivity index is 1.53. The Hall–Kier alpha value is -3.90. The van der Waals surface area contributed by atoms with E-state index in [-0.39, 0.29) is 6.10 Å². The maximum atomic E-state index is 12.8. The molecule has 2 heterocycles. The molecule has 2 aliphatic rings. The Labute approximate surface area is 197 Å². The molecule has 1 fully saturated rings. The highest BCUT2D eigenvalue weighted by Gasteiger charge is 2.26. The van der Waals surface area contributed by atoms with Crippen LogP contribution in [0.3, 0.4) is 0 Å². The number of hydrogen-bond donors (Lipinski definition) is 0. The van der Waals surface area contributed by atoms with Crippen molar-refractivity contribution in [1.29, 1.82) is 0 Å². The maximum absolute atomic E-state index is 12.8. The van der Waals surface area contributed by atoms with Gasteiger partial charge in [0.2, 0.25) is 0 Å². The number of carbonyl (C=O) groups excluding carboxylic acids is 2. The van der Waals surface area contributed by atoms with Crippen molar-refractivity contribution < 1.29 is 28.5 Å². The first kappa shape index (κ1) is 21.9. The van der Waals surface area contributed by atoms with E-state index in [0.29, 0.717) is 51.9 Å². The molecule has 0 aliphatic carbocycles. The van der Waals surface area contributed by atoms with Crippen LogP contribution in [-0.4, -0.2) is 31.8 Å². The third kappa shape index (κ3) is 4.32. The minimum Gasteiger partial charge on any atom is -0.491 e. The summed E-state index contributed by atoms with van der Waals surface area (Å²) in [6.45, 7) is 3.62. The molecule has 6 nitrogen and oxygen atoms in total. The van der Waals surface area contributed by atoms with Crippen molar-refractivity contribution in [3.8, 4) is 17.2 Å². The monoisotopic (exact) mass is 456 g/mol. The summed E-state index contributed by atoms with van der Waals surface area (Å²) in [5, 5.41) is 1.27. The van der Waals surface area contributed by atoms with Crippen LogP contribution in [0.25, 0.3) is 11.1 Å². The summed E-state index contributed by atoms with van der Waals surface area (Å²) in [4.78, 5) is 24.0. The van der Waals surface area contributed by atoms with Gasteiger partial charge in [-0.25, -0.2) is 4.79 Å². The van der Waals surface area contributed by atoms with E-state index >= 15 is 0 Å². The summed E-state index contributed by atoms with van der Waals surface area (Å²) in [5.74, 6) is 1.05. The van der Waals surface area contributed by atoms with E-state index in [4.69, 9.17) is 18.9 Å². The van der Waals surface area contributed by atoms with Crippen LogP contribution in [0.15, 0.2) is 66.7 Å². The van der Waals surface area contributed by atoms with Crippen molar-refractivity contribution in [2.75, 3.05) is 13.2 Å². The van der Waals surface area contributed by atoms with Crippen molar-refractivity contribution in [2.24, 2.45) is 0 Å². The summed E-state index contributed by atoms with van der Waals surface area (Å²) < 4.78 is 22.3. The zero-order valence-electron chi connectivity index (χ0n) is 18.8. The minimum absolute atomic E-state index is 0.132. The van der Waals surface area contributed by atoms with E-state index in [9.17, 15) is 9.59 Å². The molecule has 2 aliphatic heterocycles. The van der Waals surface area contributed by atoms with Gasteiger partial charge in [0.15, 0.2) is 0 Å². The maximum Gasteiger partial charge on any atom is 0.344 e. The van der Waals surface area contributed by atoms with Crippen LogP contribution in [0.4, 0.5) is 0 Å². The number of rotatable bonds is 7. The molecule has 1 unspecified atom stereocenters. The quantitative estimate of drug-likeness (QED) is 0.309. The number of fused-ring (bicyclic) bond motifs is 1. The number of ether oxygens (including phenoxy) is 4. The van der Waals surface area contributed by atoms with Gasteiger partial charge in [0.25, 0.3) is 6.47 Å². The van der Waals surface area contributed by atoms with E-state index in [1.807, 2.05) is 61.5 Å². The zero-order valence-corrected chi connectivity index (χ0v) is 18.8. The molecule has 0 amide bonds. The smallest absolute Gasteiger partial charge is 0.344 e. The summed E-state index contributed by atoms with van der Waals surface area (Å²) in [7, 11) is 0. The largest absolute Gasteiger partial charge is 0.491 e. The molecule has 6 heteroatoms. The SMILES string of the molecule is C/C(c1ccccc1)=c1/cc2c(cc1OC=O)=C(c1ccc(OCC3CCCO3)cc1)C(=O)O2. The lowest BCUT2D eigenvalue weighted by atomic mass is 10.0. The average Bonchev–Trinajstić information content (AvgIpc) is 3.50. The van der Waals surface area contributed by atoms with E-state index in [1.165, 1.54) is 0 Å². The molecule has 1 atom stereocenters. The molecule has 34 heavy (non-hydrogen) atoms. The van der Waals surface area contributed by atoms with Crippen molar-refractivity contribution >= 4 is 23.6 Å². The molecule has 0 saturated carbocycles. The average molecular weight is 456 g/mol. The highest BCUT2D eigenvalue weighted by Crippen LogP contribution is 2.25. The van der Waals surface area contributed by atoms with E-state index in [0.717, 1.165) is 30.6 Å². The van der Waals surface area contributed by atoms with Gasteiger partial charge >= 0.3 is 5.97 Å². The van der Waals surface area contributed by atoms with E-state index < -0.39 is 5.97 Å². The van der Waals surface area contributed by atoms with Crippen LogP contribution < -0.4 is 24.6 Å². The first-order valence-electron chi connectivity index (χ1n) is 11.3. The Bertz CT molecular complexity index is 1340. The fourth-order valence-electron chi connectivity index (χ4n) is 4.34. The van der Waals surface area contributed by atoms with E-state index in [2.05, 4.69) is 0 Å². The molecule has 0 radical (unpaired) electrons. The van der Waals surface area contributed by atoms with Gasteiger partial charge < -0.3 is 18.9 Å². The normalized spacial score (nSPS) is 17.7. The molecule has 3 aromatic carbocycles. The third-order valence-electron chi connectivity index (χ3n) is 6.15. The number of carbonyl (C=O) groups is 2. The van der Waals surface area contributed by atoms with Gasteiger partial charge in [0, 0.05) is 17.0 Å². The highest BCUT2D eigenvalue weighted by atomic mass is 16.5. The van der Waals surface area contributed by atoms with Crippen molar-refractivity contribution in [1.82, 2.24) is 0 Å². The molecule has 1 saturated heterocycles. The predicted octanol–water partition coefficient (Wildman–Crippen LogP) is 3.12. The second-order valence-electron chi connectivity index (χ2n) is 8.28. The van der Waals surface area contributed by atoms with Crippen molar-refractivity contribution in [2.45, 2.75) is 25.9 Å². The number of hydrogen-bond acceptors (Lipinski definition) is 6. The first-order chi connectivity index (χ1) is 16.6. The fourth-order valence-corrected chi connectivity index (χ4v) is 4.34. The number of benzene rings is 3. The Morgan fingerprint density at radius 1 is 1.09 bits per heavy atom. The third-order valence-corrected chi connectivity index (χ3v) is 6.15. The zero-order chi connectivity index (χ0) is 23.5. The van der Waals surface area contributed by atoms with Gasteiger partial charge in [0.05, 0.1) is 11.7 Å². The molecule has 3 aromatic rings. The fraction of sp³-hybridized carbons (Fsp3) is 0.214. The van der Waals surface area contributed by atoms with Gasteiger partial charge in [-0.05, 0) is 60.7 Å². The van der Waals surface area contributed by atoms with Crippen LogP contribution in [0.5, 0.6) is 17.2 Å². The number of esters is 1. The standard InChI is InChI=1S/C28H24O6/c1-18(19-6-3-2-4-7-19)23-14-26-24(15-25(23)33-17-29)27(28(30)34-26)20-9-11-21(12-10-20)32-16-22-8-5-13-31-22/h2-4,6-7,9-12,14-15,17,22H,5,8,13,16H2,1H3/b23-18+. The van der Waals surface area contributed by atoms with Gasteiger partial charge in [-0.3, -0.25) is 4.79 Å². The topological polar surface area (TPSA) is 71.1 Å². The highest BCUT2D eigenvalue weighted by molar-refractivity contribution is 6.19. The predicted molar refractivity (Wildman–Crippen MR) is 126 cm³/mol. The first-order valence-corrected chi connectivity index (χ1v) is 11.3. The minimum atomic E-state index is -0.449. The Morgan fingerprint density at radius 3 is 2.59 bits per heavy atom. The summed E-state index contributed by atoms with van der Waals surface area (Å²) in [5.41, 5.74) is 2.99. The van der Waals surface area contributed by atoms with Crippen molar-refractivity contribution in [3.63, 3.8) is 0 Å². The molecule has 0 bridgehead atoms. The molecule has 0 spiro atoms. The van der Waals surface area contributed by atoms with Crippen LogP contribution in [0, 0.1) is 0 Å². The van der Waals surface area contributed by atoms with Crippen LogP contribution >= 0.6 is 0 Å². The molecule has 172 valence electrons. The molecular formula is C28H24O6. The molecule has 5 rings (SSSR count). The Morgan fingerprint density at radius 2 is 1.88 bits per heavy atom. The van der Waals surface area contributed by atoms with Gasteiger partial charge in [-0.1, -0.05) is 42.5 Å². The lowest BCUT2D eigenvalue weighted by Crippen LogP contribution is -2.16. The van der Waals surface area contributed by atoms with Crippen LogP contribution in [0.2, 0.25) is 0 Å². The van der Waals surface area contributed by atoms with Crippen molar-refractivity contribution in [3.05, 3.63) is 88.3 Å². The lowest BCUT2D eigenvalue weighted by Gasteiger charge is -2.11. The van der Waals surface area contributed by atoms with E-state index in [1.54, 1.807) is 12.1 Å². The molecule has 0 aromatic heterocycles.